The molecule has 0 saturated heterocycles. The molecule has 1 atom stereocenters. The summed E-state index contributed by atoms with van der Waals surface area (Å²) in [5.41, 5.74) is 0. The summed E-state index contributed by atoms with van der Waals surface area (Å²) < 4.78 is 0. The van der Waals surface area contributed by atoms with Gasteiger partial charge >= 0.3 is 0 Å². The van der Waals surface area contributed by atoms with E-state index in [-0.39, 0.29) is 0 Å². The number of rotatable bonds is 5. The largest absolute Gasteiger partial charge is 0.316 e. The second-order valence-electron chi connectivity index (χ2n) is 3.88. The zero-order chi connectivity index (χ0) is 10.9. The van der Waals surface area contributed by atoms with Crippen LogP contribution in [0.4, 0.5) is 0 Å². The van der Waals surface area contributed by atoms with Crippen LogP contribution in [0.3, 0.4) is 0 Å². The number of likely N-dealkylation sites (N-methyl/N-ethyl adjacent to an activating group) is 2. The highest BCUT2D eigenvalue weighted by molar-refractivity contribution is 4.68. The maximum Gasteiger partial charge on any atom is 0.0194 e. The molecule has 13 heavy (non-hydrogen) atoms. The lowest BCUT2D eigenvalue weighted by atomic mass is 10.0. The van der Waals surface area contributed by atoms with Crippen molar-refractivity contribution in [3.63, 3.8) is 0 Å². The molecule has 0 saturated carbocycles. The van der Waals surface area contributed by atoms with E-state index in [0.29, 0.717) is 6.04 Å². The minimum absolute atomic E-state index is 0.644. The number of hydrogen-bond donors (Lipinski definition) is 1. The molecule has 0 bridgehead atoms. The zero-order valence-corrected chi connectivity index (χ0v) is 10.5. The molecule has 2 nitrogen and oxygen atoms in total. The van der Waals surface area contributed by atoms with Gasteiger partial charge in [-0.25, -0.2) is 0 Å². The van der Waals surface area contributed by atoms with Crippen LogP contribution in [0.2, 0.25) is 0 Å². The van der Waals surface area contributed by atoms with Crippen molar-refractivity contribution >= 4 is 0 Å². The summed E-state index contributed by atoms with van der Waals surface area (Å²) in [6, 6.07) is 0.644. The fourth-order valence-electron chi connectivity index (χ4n) is 1.29. The lowest BCUT2D eigenvalue weighted by Crippen LogP contribution is -2.36. The Morgan fingerprint density at radius 1 is 1.15 bits per heavy atom. The quantitative estimate of drug-likeness (QED) is 0.711. The van der Waals surface area contributed by atoms with E-state index < -0.39 is 0 Å². The van der Waals surface area contributed by atoms with Crippen molar-refractivity contribution in [2.75, 3.05) is 27.7 Å². The van der Waals surface area contributed by atoms with Crippen LogP contribution in [0.5, 0.6) is 0 Å². The average molecular weight is 188 g/mol. The van der Waals surface area contributed by atoms with E-state index >= 15 is 0 Å². The lowest BCUT2D eigenvalue weighted by Gasteiger charge is -2.21. The van der Waals surface area contributed by atoms with E-state index in [9.17, 15) is 0 Å². The minimum Gasteiger partial charge on any atom is -0.316 e. The third kappa shape index (κ3) is 11.9. The summed E-state index contributed by atoms with van der Waals surface area (Å²) in [4.78, 5) is 2.23. The van der Waals surface area contributed by atoms with Crippen molar-refractivity contribution in [1.29, 1.82) is 0 Å². The highest BCUT2D eigenvalue weighted by Gasteiger charge is 2.08. The predicted octanol–water partition coefficient (Wildman–Crippen LogP) is 2.21. The molecule has 82 valence electrons. The van der Waals surface area contributed by atoms with Gasteiger partial charge in [-0.2, -0.15) is 0 Å². The van der Waals surface area contributed by atoms with Crippen LogP contribution >= 0.6 is 0 Å². The molecule has 0 aliphatic rings. The predicted molar refractivity (Wildman–Crippen MR) is 62.2 cm³/mol. The van der Waals surface area contributed by atoms with Crippen molar-refractivity contribution in [2.24, 2.45) is 5.92 Å². The molecule has 0 aliphatic carbocycles. The summed E-state index contributed by atoms with van der Waals surface area (Å²) in [5.74, 6) is 0.785. The molecule has 0 aromatic carbocycles. The minimum atomic E-state index is 0.644. The summed E-state index contributed by atoms with van der Waals surface area (Å²) >= 11 is 0. The third-order valence-corrected chi connectivity index (χ3v) is 1.75. The molecule has 0 spiro atoms. The van der Waals surface area contributed by atoms with Crippen molar-refractivity contribution in [2.45, 2.75) is 40.2 Å². The Morgan fingerprint density at radius 3 is 1.85 bits per heavy atom. The van der Waals surface area contributed by atoms with Crippen LogP contribution in [0.25, 0.3) is 0 Å². The first-order valence-electron chi connectivity index (χ1n) is 5.38. The number of nitrogens with one attached hydrogen (secondary N) is 1. The molecule has 0 heterocycles. The molecule has 0 radical (unpaired) electrons. The third-order valence-electron chi connectivity index (χ3n) is 1.75. The smallest absolute Gasteiger partial charge is 0.0194 e. The highest BCUT2D eigenvalue weighted by atomic mass is 15.1. The first-order chi connectivity index (χ1) is 6.06. The topological polar surface area (TPSA) is 15.3 Å². The second kappa shape index (κ2) is 10.0. The Kier molecular flexibility index (Phi) is 11.8. The fraction of sp³-hybridized carbons (Fsp3) is 1.00. The lowest BCUT2D eigenvalue weighted by molar-refractivity contribution is 0.317. The summed E-state index contributed by atoms with van der Waals surface area (Å²) in [5, 5.41) is 3.32. The first-order valence-corrected chi connectivity index (χ1v) is 5.38. The zero-order valence-electron chi connectivity index (χ0n) is 10.5. The monoisotopic (exact) mass is 188 g/mol. The van der Waals surface area contributed by atoms with Gasteiger partial charge in [0.1, 0.15) is 0 Å². The van der Waals surface area contributed by atoms with E-state index in [1.54, 1.807) is 0 Å². The van der Waals surface area contributed by atoms with Crippen molar-refractivity contribution in [3.05, 3.63) is 0 Å². The van der Waals surface area contributed by atoms with Crippen LogP contribution in [0.15, 0.2) is 0 Å². The molecular weight excluding hydrogens is 160 g/mol. The highest BCUT2D eigenvalue weighted by Crippen LogP contribution is 2.04. The number of nitrogens with zero attached hydrogens (tertiary/aromatic N) is 1. The maximum atomic E-state index is 3.32. The van der Waals surface area contributed by atoms with Crippen LogP contribution in [-0.4, -0.2) is 38.6 Å². The van der Waals surface area contributed by atoms with Gasteiger partial charge in [-0.3, -0.25) is 0 Å². The van der Waals surface area contributed by atoms with Crippen LogP contribution in [0, 0.1) is 5.92 Å². The fourth-order valence-corrected chi connectivity index (χ4v) is 1.29. The molecule has 1 N–H and O–H groups in total. The van der Waals surface area contributed by atoms with Crippen LogP contribution in [0.1, 0.15) is 34.1 Å². The van der Waals surface area contributed by atoms with E-state index in [1.165, 1.54) is 6.42 Å². The van der Waals surface area contributed by atoms with Gasteiger partial charge in [0.15, 0.2) is 0 Å². The van der Waals surface area contributed by atoms with Crippen molar-refractivity contribution in [1.82, 2.24) is 10.2 Å². The van der Waals surface area contributed by atoms with E-state index in [0.717, 1.165) is 12.5 Å². The normalized spacial score (nSPS) is 12.7. The Balaban J connectivity index is 0. The first kappa shape index (κ1) is 15.4. The molecule has 0 rings (SSSR count). The Morgan fingerprint density at radius 2 is 1.62 bits per heavy atom. The van der Waals surface area contributed by atoms with Gasteiger partial charge in [-0.05, 0) is 33.5 Å². The van der Waals surface area contributed by atoms with Gasteiger partial charge < -0.3 is 10.2 Å². The van der Waals surface area contributed by atoms with Gasteiger partial charge in [-0.15, -0.1) is 0 Å². The Labute approximate surface area is 84.7 Å². The Bertz CT molecular complexity index is 80.1. The molecule has 0 aliphatic heterocycles. The van der Waals surface area contributed by atoms with Gasteiger partial charge in [0.05, 0.1) is 0 Å². The van der Waals surface area contributed by atoms with E-state index in [1.807, 2.05) is 20.9 Å². The van der Waals surface area contributed by atoms with Crippen LogP contribution < -0.4 is 5.32 Å². The van der Waals surface area contributed by atoms with Crippen molar-refractivity contribution < 1.29 is 0 Å². The molecule has 2 heteroatoms. The van der Waals surface area contributed by atoms with Gasteiger partial charge in [0, 0.05) is 12.6 Å². The number of hydrogen-bond acceptors (Lipinski definition) is 2. The van der Waals surface area contributed by atoms with E-state index in [2.05, 4.69) is 38.2 Å². The summed E-state index contributed by atoms with van der Waals surface area (Å²) in [6.07, 6.45) is 1.26. The van der Waals surface area contributed by atoms with E-state index in [4.69, 9.17) is 0 Å². The van der Waals surface area contributed by atoms with Gasteiger partial charge in [-0.1, -0.05) is 27.7 Å². The van der Waals surface area contributed by atoms with Crippen molar-refractivity contribution in [3.8, 4) is 0 Å². The molecule has 0 aromatic rings. The standard InChI is InChI=1S/C9H22N2.C2H6/c1-8(2)6-9(10-3)7-11(4)5;1-2/h8-10H,6-7H2,1-5H3;1-2H3. The summed E-state index contributed by atoms with van der Waals surface area (Å²) in [6.45, 7) is 9.66. The Hall–Kier alpha value is -0.0800. The van der Waals surface area contributed by atoms with Crippen LogP contribution in [-0.2, 0) is 0 Å². The molecule has 0 amide bonds. The van der Waals surface area contributed by atoms with Gasteiger partial charge in [0.25, 0.3) is 0 Å². The second-order valence-corrected chi connectivity index (χ2v) is 3.88. The summed E-state index contributed by atoms with van der Waals surface area (Å²) in [7, 11) is 6.27. The SMILES string of the molecule is CC.CNC(CC(C)C)CN(C)C. The molecular formula is C11H28N2. The van der Waals surface area contributed by atoms with Gasteiger partial charge in [0.2, 0.25) is 0 Å². The maximum absolute atomic E-state index is 3.32. The molecule has 0 aromatic heterocycles. The molecule has 1 unspecified atom stereocenters. The molecule has 0 fully saturated rings. The average Bonchev–Trinajstić information content (AvgIpc) is 2.05.